The molecule has 1 aliphatic carbocycles. The number of hydrogen-bond acceptors (Lipinski definition) is 8. The fraction of sp³-hybridized carbons (Fsp3) is 0.630. The van der Waals surface area contributed by atoms with Crippen LogP contribution in [0.1, 0.15) is 52.5 Å². The number of fused-ring (bicyclic) bond motifs is 4. The lowest BCUT2D eigenvalue weighted by molar-refractivity contribution is -0.264. The van der Waals surface area contributed by atoms with Crippen molar-refractivity contribution in [1.29, 1.82) is 0 Å². The van der Waals surface area contributed by atoms with Crippen LogP contribution in [0.3, 0.4) is 0 Å². The zero-order valence-corrected chi connectivity index (χ0v) is 22.3. The van der Waals surface area contributed by atoms with Gasteiger partial charge in [0.15, 0.2) is 6.61 Å². The molecule has 9 heteroatoms. The predicted molar refractivity (Wildman–Crippen MR) is 133 cm³/mol. The van der Waals surface area contributed by atoms with Crippen LogP contribution in [0.25, 0.3) is 6.08 Å². The summed E-state index contributed by atoms with van der Waals surface area (Å²) in [5.41, 5.74) is -0.715. The number of benzene rings is 1. The fourth-order valence-electron chi connectivity index (χ4n) is 6.49. The van der Waals surface area contributed by atoms with Gasteiger partial charge in [0.25, 0.3) is 10.1 Å². The number of rotatable bonds is 8. The number of hydrogen-bond donors (Lipinski definition) is 0. The Balaban J connectivity index is 1.60. The van der Waals surface area contributed by atoms with E-state index in [2.05, 4.69) is 11.1 Å². The second-order valence-electron chi connectivity index (χ2n) is 10.9. The third-order valence-electron chi connectivity index (χ3n) is 8.27. The minimum Gasteiger partial charge on any atom is -0.457 e. The summed E-state index contributed by atoms with van der Waals surface area (Å²) in [5, 5.41) is 0. The molecule has 0 aromatic heterocycles. The molecule has 0 amide bonds. The average molecular weight is 521 g/mol. The number of ether oxygens (including phenoxy) is 3. The summed E-state index contributed by atoms with van der Waals surface area (Å²) < 4.78 is 46.1. The molecule has 2 saturated heterocycles. The Labute approximate surface area is 213 Å². The smallest absolute Gasteiger partial charge is 0.334 e. The third-order valence-corrected chi connectivity index (χ3v) is 8.82. The van der Waals surface area contributed by atoms with E-state index in [-0.39, 0.29) is 17.8 Å². The first kappa shape index (κ1) is 26.8. The lowest BCUT2D eigenvalue weighted by Crippen LogP contribution is -2.62. The van der Waals surface area contributed by atoms with Crippen LogP contribution >= 0.6 is 0 Å². The molecule has 3 aliphatic rings. The summed E-state index contributed by atoms with van der Waals surface area (Å²) in [7, 11) is -3.78. The van der Waals surface area contributed by atoms with Gasteiger partial charge in [-0.3, -0.25) is 4.18 Å². The molecule has 0 unspecified atom stereocenters. The van der Waals surface area contributed by atoms with Crippen LogP contribution < -0.4 is 0 Å². The maximum atomic E-state index is 13.0. The third kappa shape index (κ3) is 5.10. The molecule has 2 aliphatic heterocycles. The second kappa shape index (κ2) is 9.91. The predicted octanol–water partition coefficient (Wildman–Crippen LogP) is 3.75. The Morgan fingerprint density at radius 1 is 1.17 bits per heavy atom. The molecule has 1 aromatic rings. The SMILES string of the molecule is CC(C)[C@@]12C[C@@H](OC(=O)COS(C)(=O)=O)[C@@](C)(O1)[C@@H]1CC[C@@H](C)[C@H]1[C@@H]2OC(=O)/C=C/c1ccccc1. The van der Waals surface area contributed by atoms with E-state index >= 15 is 0 Å². The standard InChI is InChI=1S/C27H36O8S/c1-17(2)27-15-21(33-23(29)16-32-36(5,30)31)26(4,35-27)20-13-11-18(3)24(20)25(27)34-22(28)14-12-19-9-7-6-8-10-19/h6-10,12,14,17-18,20-21,24-25H,11,13,15-16H2,1-5H3/b14-12+/t18-,20-,21-,24-,25+,26+,27-/m1/s1. The highest BCUT2D eigenvalue weighted by atomic mass is 32.2. The van der Waals surface area contributed by atoms with E-state index in [0.29, 0.717) is 12.3 Å². The van der Waals surface area contributed by atoms with Crippen LogP contribution in [0.15, 0.2) is 36.4 Å². The van der Waals surface area contributed by atoms with Gasteiger partial charge in [-0.05, 0) is 49.2 Å². The summed E-state index contributed by atoms with van der Waals surface area (Å²) in [6.07, 6.45) is 5.11. The molecule has 0 N–H and O–H groups in total. The van der Waals surface area contributed by atoms with Crippen molar-refractivity contribution in [3.05, 3.63) is 42.0 Å². The molecule has 7 atom stereocenters. The quantitative estimate of drug-likeness (QED) is 0.290. The van der Waals surface area contributed by atoms with Crippen LogP contribution in [-0.4, -0.2) is 56.6 Å². The van der Waals surface area contributed by atoms with E-state index < -0.39 is 52.1 Å². The monoisotopic (exact) mass is 520 g/mol. The van der Waals surface area contributed by atoms with Gasteiger partial charge < -0.3 is 14.2 Å². The maximum absolute atomic E-state index is 13.0. The highest BCUT2D eigenvalue weighted by molar-refractivity contribution is 7.86. The fourth-order valence-corrected chi connectivity index (χ4v) is 6.80. The largest absolute Gasteiger partial charge is 0.457 e. The molecular weight excluding hydrogens is 484 g/mol. The molecule has 1 saturated carbocycles. The van der Waals surface area contributed by atoms with Crippen LogP contribution in [0.4, 0.5) is 0 Å². The average Bonchev–Trinajstić information content (AvgIpc) is 3.32. The van der Waals surface area contributed by atoms with Crippen molar-refractivity contribution in [3.63, 3.8) is 0 Å². The minimum atomic E-state index is -3.78. The van der Waals surface area contributed by atoms with Crippen molar-refractivity contribution in [2.75, 3.05) is 12.9 Å². The zero-order chi connectivity index (χ0) is 26.3. The Bertz CT molecular complexity index is 1110. The topological polar surface area (TPSA) is 105 Å². The minimum absolute atomic E-state index is 0.0198. The molecule has 0 radical (unpaired) electrons. The van der Waals surface area contributed by atoms with Crippen molar-refractivity contribution in [3.8, 4) is 0 Å². The van der Waals surface area contributed by atoms with Crippen molar-refractivity contribution in [2.24, 2.45) is 23.7 Å². The van der Waals surface area contributed by atoms with Crippen molar-refractivity contribution >= 4 is 28.1 Å². The Morgan fingerprint density at radius 3 is 2.50 bits per heavy atom. The molecule has 0 spiro atoms. The molecule has 3 fully saturated rings. The first-order chi connectivity index (χ1) is 16.9. The van der Waals surface area contributed by atoms with Gasteiger partial charge in [-0.1, -0.05) is 51.1 Å². The first-order valence-corrected chi connectivity index (χ1v) is 14.3. The Hall–Kier alpha value is -2.23. The highest BCUT2D eigenvalue weighted by Gasteiger charge is 2.72. The number of carbonyl (C=O) groups excluding carboxylic acids is 2. The molecule has 198 valence electrons. The summed E-state index contributed by atoms with van der Waals surface area (Å²) in [4.78, 5) is 25.5. The van der Waals surface area contributed by atoms with Gasteiger partial charge >= 0.3 is 11.9 Å². The molecule has 2 heterocycles. The Morgan fingerprint density at radius 2 is 1.86 bits per heavy atom. The van der Waals surface area contributed by atoms with Gasteiger partial charge in [0.05, 0.1) is 6.26 Å². The molecule has 4 rings (SSSR count). The van der Waals surface area contributed by atoms with E-state index in [1.807, 2.05) is 51.1 Å². The van der Waals surface area contributed by atoms with E-state index in [0.717, 1.165) is 24.7 Å². The van der Waals surface area contributed by atoms with Gasteiger partial charge in [-0.2, -0.15) is 8.42 Å². The summed E-state index contributed by atoms with van der Waals surface area (Å²) in [6, 6.07) is 9.54. The van der Waals surface area contributed by atoms with Gasteiger partial charge in [0.2, 0.25) is 0 Å². The van der Waals surface area contributed by atoms with Crippen LogP contribution in [0.2, 0.25) is 0 Å². The van der Waals surface area contributed by atoms with Gasteiger partial charge in [0, 0.05) is 18.4 Å². The summed E-state index contributed by atoms with van der Waals surface area (Å²) in [5.74, 6) is -0.852. The Kier molecular flexibility index (Phi) is 7.38. The summed E-state index contributed by atoms with van der Waals surface area (Å²) >= 11 is 0. The van der Waals surface area contributed by atoms with Crippen LogP contribution in [0, 0.1) is 23.7 Å². The normalized spacial score (nSPS) is 35.7. The van der Waals surface area contributed by atoms with E-state index in [1.165, 1.54) is 6.08 Å². The van der Waals surface area contributed by atoms with Crippen LogP contribution in [-0.2, 0) is 38.1 Å². The maximum Gasteiger partial charge on any atom is 0.334 e. The first-order valence-electron chi connectivity index (χ1n) is 12.5. The van der Waals surface area contributed by atoms with Gasteiger partial charge in [-0.25, -0.2) is 9.59 Å². The molecular formula is C27H36O8S. The molecule has 2 bridgehead atoms. The van der Waals surface area contributed by atoms with Crippen molar-refractivity contribution in [2.45, 2.75) is 70.4 Å². The second-order valence-corrected chi connectivity index (χ2v) is 12.5. The number of carbonyl (C=O) groups is 2. The molecule has 36 heavy (non-hydrogen) atoms. The van der Waals surface area contributed by atoms with Crippen molar-refractivity contribution < 1.29 is 36.4 Å². The molecule has 8 nitrogen and oxygen atoms in total. The van der Waals surface area contributed by atoms with Gasteiger partial charge in [0.1, 0.15) is 23.4 Å². The van der Waals surface area contributed by atoms with Gasteiger partial charge in [-0.15, -0.1) is 0 Å². The number of esters is 2. The lowest BCUT2D eigenvalue weighted by Gasteiger charge is -2.52. The summed E-state index contributed by atoms with van der Waals surface area (Å²) in [6.45, 7) is 7.51. The van der Waals surface area contributed by atoms with Crippen molar-refractivity contribution in [1.82, 2.24) is 0 Å². The van der Waals surface area contributed by atoms with E-state index in [9.17, 15) is 18.0 Å². The molecule has 1 aromatic carbocycles. The highest BCUT2D eigenvalue weighted by Crippen LogP contribution is 2.63. The van der Waals surface area contributed by atoms with Crippen LogP contribution in [0.5, 0.6) is 0 Å². The zero-order valence-electron chi connectivity index (χ0n) is 21.5. The van der Waals surface area contributed by atoms with E-state index in [4.69, 9.17) is 14.2 Å². The van der Waals surface area contributed by atoms with E-state index in [1.54, 1.807) is 6.08 Å². The lowest BCUT2D eigenvalue weighted by atomic mass is 9.69.